The molecule has 1 atom stereocenters. The molecular formula is C25H34N2O6S. The highest BCUT2D eigenvalue weighted by Crippen LogP contribution is 2.27. The van der Waals surface area contributed by atoms with Gasteiger partial charge < -0.3 is 14.8 Å². The molecule has 0 radical (unpaired) electrons. The van der Waals surface area contributed by atoms with Gasteiger partial charge in [0.15, 0.2) is 0 Å². The Hall–Kier alpha value is -2.91. The van der Waals surface area contributed by atoms with Crippen LogP contribution in [0, 0.1) is 6.92 Å². The molecular weight excluding hydrogens is 456 g/mol. The van der Waals surface area contributed by atoms with Crippen molar-refractivity contribution in [1.82, 2.24) is 10.0 Å². The van der Waals surface area contributed by atoms with Crippen LogP contribution in [0.3, 0.4) is 0 Å². The zero-order valence-corrected chi connectivity index (χ0v) is 21.6. The summed E-state index contributed by atoms with van der Waals surface area (Å²) >= 11 is 0. The lowest BCUT2D eigenvalue weighted by atomic mass is 10.0. The van der Waals surface area contributed by atoms with Gasteiger partial charge in [-0.1, -0.05) is 29.8 Å². The predicted octanol–water partition coefficient (Wildman–Crippen LogP) is 3.89. The standard InChI is InChI=1S/C25H34N2O6S/c1-16(2)33-23(28)15-20(18-10-8-17(3)9-11-18)26-24(29)19-12-13-21(32-7)22(14-19)34(30,31)27-25(4,5)6/h8-14,16,20,27H,15H2,1-7H3,(H,26,29). The minimum Gasteiger partial charge on any atom is -0.495 e. The van der Waals surface area contributed by atoms with Crippen molar-refractivity contribution < 1.29 is 27.5 Å². The van der Waals surface area contributed by atoms with Crippen molar-refractivity contribution in [3.05, 3.63) is 59.2 Å². The van der Waals surface area contributed by atoms with E-state index in [4.69, 9.17) is 9.47 Å². The molecule has 0 saturated carbocycles. The first-order valence-corrected chi connectivity index (χ1v) is 12.5. The van der Waals surface area contributed by atoms with E-state index in [9.17, 15) is 18.0 Å². The van der Waals surface area contributed by atoms with Crippen LogP contribution in [0.2, 0.25) is 0 Å². The molecule has 0 aliphatic carbocycles. The van der Waals surface area contributed by atoms with Gasteiger partial charge in [-0.2, -0.15) is 0 Å². The maximum absolute atomic E-state index is 13.1. The van der Waals surface area contributed by atoms with Crippen LogP contribution in [0.5, 0.6) is 5.75 Å². The third kappa shape index (κ3) is 7.85. The minimum atomic E-state index is -3.96. The van der Waals surface area contributed by atoms with Gasteiger partial charge in [0.2, 0.25) is 10.0 Å². The first kappa shape index (κ1) is 27.3. The van der Waals surface area contributed by atoms with Crippen LogP contribution in [0.1, 0.15) is 68.6 Å². The number of amides is 1. The average Bonchev–Trinajstić information content (AvgIpc) is 2.71. The average molecular weight is 491 g/mol. The summed E-state index contributed by atoms with van der Waals surface area (Å²) in [7, 11) is -2.60. The molecule has 1 unspecified atom stereocenters. The van der Waals surface area contributed by atoms with Gasteiger partial charge in [0.1, 0.15) is 10.6 Å². The number of sulfonamides is 1. The zero-order chi connectivity index (χ0) is 25.7. The second kappa shape index (κ2) is 11.0. The first-order chi connectivity index (χ1) is 15.7. The molecule has 9 heteroatoms. The van der Waals surface area contributed by atoms with Gasteiger partial charge in [0.05, 0.1) is 25.7 Å². The van der Waals surface area contributed by atoms with Crippen molar-refractivity contribution in [3.63, 3.8) is 0 Å². The van der Waals surface area contributed by atoms with Crippen molar-refractivity contribution in [3.8, 4) is 5.75 Å². The van der Waals surface area contributed by atoms with Crippen LogP contribution < -0.4 is 14.8 Å². The summed E-state index contributed by atoms with van der Waals surface area (Å²) in [6.07, 6.45) is -0.355. The Morgan fingerprint density at radius 2 is 1.65 bits per heavy atom. The molecule has 0 heterocycles. The number of rotatable bonds is 9. The second-order valence-electron chi connectivity index (χ2n) is 9.40. The monoisotopic (exact) mass is 490 g/mol. The van der Waals surface area contributed by atoms with Crippen molar-refractivity contribution in [1.29, 1.82) is 0 Å². The highest BCUT2D eigenvalue weighted by Gasteiger charge is 2.27. The fraction of sp³-hybridized carbons (Fsp3) is 0.440. The summed E-state index contributed by atoms with van der Waals surface area (Å²) in [5.41, 5.74) is 1.16. The smallest absolute Gasteiger partial charge is 0.308 e. The molecule has 0 aliphatic heterocycles. The number of hydrogen-bond acceptors (Lipinski definition) is 6. The lowest BCUT2D eigenvalue weighted by Crippen LogP contribution is -2.40. The lowest BCUT2D eigenvalue weighted by molar-refractivity contribution is -0.147. The number of nitrogens with one attached hydrogen (secondary N) is 2. The lowest BCUT2D eigenvalue weighted by Gasteiger charge is -2.22. The summed E-state index contributed by atoms with van der Waals surface area (Å²) in [6.45, 7) is 10.6. The quantitative estimate of drug-likeness (QED) is 0.516. The summed E-state index contributed by atoms with van der Waals surface area (Å²) in [4.78, 5) is 25.3. The molecule has 2 aromatic carbocycles. The van der Waals surface area contributed by atoms with E-state index in [0.29, 0.717) is 0 Å². The van der Waals surface area contributed by atoms with E-state index in [-0.39, 0.29) is 28.7 Å². The number of carbonyl (C=O) groups excluding carboxylic acids is 2. The fourth-order valence-electron chi connectivity index (χ4n) is 3.26. The number of methoxy groups -OCH3 is 1. The van der Waals surface area contributed by atoms with Gasteiger partial charge >= 0.3 is 5.97 Å². The molecule has 1 amide bonds. The Morgan fingerprint density at radius 3 is 2.18 bits per heavy atom. The first-order valence-electron chi connectivity index (χ1n) is 11.0. The largest absolute Gasteiger partial charge is 0.495 e. The number of hydrogen-bond donors (Lipinski definition) is 2. The van der Waals surface area contributed by atoms with E-state index >= 15 is 0 Å². The fourth-order valence-corrected chi connectivity index (χ4v) is 4.87. The Kier molecular flexibility index (Phi) is 8.85. The maximum atomic E-state index is 13.1. The molecule has 0 aliphatic rings. The van der Waals surface area contributed by atoms with Gasteiger partial charge in [-0.05, 0) is 65.3 Å². The summed E-state index contributed by atoms with van der Waals surface area (Å²) in [6, 6.07) is 11.0. The normalized spacial score (nSPS) is 12.8. The van der Waals surface area contributed by atoms with E-state index in [1.54, 1.807) is 34.6 Å². The van der Waals surface area contributed by atoms with Gasteiger partial charge in [-0.3, -0.25) is 9.59 Å². The van der Waals surface area contributed by atoms with Crippen LogP contribution in [0.25, 0.3) is 0 Å². The summed E-state index contributed by atoms with van der Waals surface area (Å²) < 4.78 is 38.9. The SMILES string of the molecule is COc1ccc(C(=O)NC(CC(=O)OC(C)C)c2ccc(C)cc2)cc1S(=O)(=O)NC(C)(C)C. The maximum Gasteiger partial charge on any atom is 0.308 e. The Labute approximate surface area is 202 Å². The summed E-state index contributed by atoms with van der Waals surface area (Å²) in [5, 5.41) is 2.84. The summed E-state index contributed by atoms with van der Waals surface area (Å²) in [5.74, 6) is -0.866. The van der Waals surface area contributed by atoms with Crippen LogP contribution in [0.15, 0.2) is 47.4 Å². The number of benzene rings is 2. The predicted molar refractivity (Wildman–Crippen MR) is 130 cm³/mol. The van der Waals surface area contributed by atoms with Crippen molar-refractivity contribution in [2.75, 3.05) is 7.11 Å². The number of aryl methyl sites for hydroxylation is 1. The molecule has 0 fully saturated rings. The molecule has 2 rings (SSSR count). The molecule has 8 nitrogen and oxygen atoms in total. The molecule has 0 bridgehead atoms. The van der Waals surface area contributed by atoms with E-state index in [0.717, 1.165) is 11.1 Å². The molecule has 34 heavy (non-hydrogen) atoms. The number of ether oxygens (including phenoxy) is 2. The Balaban J connectivity index is 2.39. The topological polar surface area (TPSA) is 111 Å². The van der Waals surface area contributed by atoms with E-state index in [1.165, 1.54) is 25.3 Å². The second-order valence-corrected chi connectivity index (χ2v) is 11.1. The highest BCUT2D eigenvalue weighted by molar-refractivity contribution is 7.89. The molecule has 0 saturated heterocycles. The van der Waals surface area contributed by atoms with Crippen molar-refractivity contribution in [2.45, 2.75) is 70.5 Å². The van der Waals surface area contributed by atoms with Gasteiger partial charge in [0, 0.05) is 11.1 Å². The Bertz CT molecular complexity index is 1120. The van der Waals surface area contributed by atoms with E-state index in [1.807, 2.05) is 31.2 Å². The minimum absolute atomic E-state index is 0.0696. The number of carbonyl (C=O) groups is 2. The third-order valence-corrected chi connectivity index (χ3v) is 6.46. The molecule has 2 aromatic rings. The zero-order valence-electron chi connectivity index (χ0n) is 20.8. The van der Waals surface area contributed by atoms with Crippen LogP contribution in [0.4, 0.5) is 0 Å². The van der Waals surface area contributed by atoms with Crippen molar-refractivity contribution in [2.24, 2.45) is 0 Å². The molecule has 0 spiro atoms. The van der Waals surface area contributed by atoms with Crippen LogP contribution in [-0.4, -0.2) is 39.0 Å². The molecule has 0 aromatic heterocycles. The van der Waals surface area contributed by atoms with Crippen LogP contribution in [-0.2, 0) is 19.6 Å². The van der Waals surface area contributed by atoms with Gasteiger partial charge in [-0.15, -0.1) is 0 Å². The number of esters is 1. The van der Waals surface area contributed by atoms with E-state index in [2.05, 4.69) is 10.0 Å². The van der Waals surface area contributed by atoms with Gasteiger partial charge in [0.25, 0.3) is 5.91 Å². The van der Waals surface area contributed by atoms with Crippen LogP contribution >= 0.6 is 0 Å². The van der Waals surface area contributed by atoms with E-state index < -0.39 is 33.5 Å². The molecule has 186 valence electrons. The highest BCUT2D eigenvalue weighted by atomic mass is 32.2. The van der Waals surface area contributed by atoms with Crippen molar-refractivity contribution >= 4 is 21.9 Å². The van der Waals surface area contributed by atoms with Gasteiger partial charge in [-0.25, -0.2) is 13.1 Å². The Morgan fingerprint density at radius 1 is 1.03 bits per heavy atom. The molecule has 2 N–H and O–H groups in total. The third-order valence-electron chi connectivity index (χ3n) is 4.68.